The van der Waals surface area contributed by atoms with Crippen molar-refractivity contribution in [3.8, 4) is 0 Å². The zero-order valence-corrected chi connectivity index (χ0v) is 15.2. The van der Waals surface area contributed by atoms with E-state index in [0.29, 0.717) is 18.3 Å². The summed E-state index contributed by atoms with van der Waals surface area (Å²) in [5.41, 5.74) is 2.21. The van der Waals surface area contributed by atoms with Gasteiger partial charge in [0.2, 0.25) is 0 Å². The maximum absolute atomic E-state index is 12.4. The molecule has 2 fully saturated rings. The second-order valence-electron chi connectivity index (χ2n) is 7.50. The molecule has 142 valence electrons. The minimum absolute atomic E-state index is 0.00319. The molecular formula is C20H26O6. The first-order valence-corrected chi connectivity index (χ1v) is 9.05. The van der Waals surface area contributed by atoms with Gasteiger partial charge in [0, 0.05) is 6.42 Å². The van der Waals surface area contributed by atoms with Crippen LogP contribution in [0.1, 0.15) is 26.7 Å². The van der Waals surface area contributed by atoms with Crippen LogP contribution in [0.25, 0.3) is 0 Å². The van der Waals surface area contributed by atoms with Gasteiger partial charge >= 0.3 is 11.9 Å². The van der Waals surface area contributed by atoms with Gasteiger partial charge in [-0.25, -0.2) is 4.79 Å². The lowest BCUT2D eigenvalue weighted by Gasteiger charge is -2.28. The van der Waals surface area contributed by atoms with E-state index in [-0.39, 0.29) is 24.1 Å². The van der Waals surface area contributed by atoms with Crippen LogP contribution in [0.3, 0.4) is 0 Å². The Morgan fingerprint density at radius 3 is 2.81 bits per heavy atom. The fourth-order valence-electron chi connectivity index (χ4n) is 4.17. The summed E-state index contributed by atoms with van der Waals surface area (Å²) in [4.78, 5) is 24.6. The van der Waals surface area contributed by atoms with E-state index >= 15 is 0 Å². The number of hydrogen-bond acceptors (Lipinski definition) is 6. The van der Waals surface area contributed by atoms with E-state index in [1.54, 1.807) is 6.92 Å². The molecule has 0 amide bonds. The first-order chi connectivity index (χ1) is 12.4. The molecule has 0 aromatic carbocycles. The molecule has 0 bridgehead atoms. The average Bonchev–Trinajstić information content (AvgIpc) is 3.34. The monoisotopic (exact) mass is 362 g/mol. The number of allylic oxidation sites excluding steroid dienone is 1. The summed E-state index contributed by atoms with van der Waals surface area (Å²) < 4.78 is 11.2. The van der Waals surface area contributed by atoms with E-state index in [0.717, 1.165) is 12.0 Å². The van der Waals surface area contributed by atoms with Crippen LogP contribution in [0.4, 0.5) is 0 Å². The van der Waals surface area contributed by atoms with Crippen LogP contribution in [-0.4, -0.2) is 47.6 Å². The van der Waals surface area contributed by atoms with E-state index in [2.05, 4.69) is 6.58 Å². The third-order valence-electron chi connectivity index (χ3n) is 5.83. The molecule has 2 N–H and O–H groups in total. The van der Waals surface area contributed by atoms with Gasteiger partial charge in [-0.3, -0.25) is 4.79 Å². The number of rotatable bonds is 4. The normalized spacial score (nSPS) is 38.8. The minimum atomic E-state index is -0.683. The third-order valence-corrected chi connectivity index (χ3v) is 5.83. The summed E-state index contributed by atoms with van der Waals surface area (Å²) in [6.07, 6.45) is 3.71. The maximum atomic E-state index is 12.4. The SMILES string of the molecule is C=C1C[C@@H](OC(=O)/C(=C/CO)CO)[C@@H]2[C@@H](/C=C(/C)[C@@H]3C[C@H]13)OC(=O)[C@@H]2C. The second-order valence-corrected chi connectivity index (χ2v) is 7.50. The molecule has 0 aromatic heterocycles. The van der Waals surface area contributed by atoms with Crippen molar-refractivity contribution in [1.82, 2.24) is 0 Å². The Kier molecular flexibility index (Phi) is 5.34. The summed E-state index contributed by atoms with van der Waals surface area (Å²) in [7, 11) is 0. The van der Waals surface area contributed by atoms with Gasteiger partial charge in [0.05, 0.1) is 30.6 Å². The van der Waals surface area contributed by atoms with Crippen LogP contribution >= 0.6 is 0 Å². The van der Waals surface area contributed by atoms with E-state index in [1.165, 1.54) is 11.6 Å². The number of ether oxygens (including phenoxy) is 2. The van der Waals surface area contributed by atoms with Crippen molar-refractivity contribution >= 4 is 11.9 Å². The lowest BCUT2D eigenvalue weighted by atomic mass is 9.83. The van der Waals surface area contributed by atoms with Crippen LogP contribution in [-0.2, 0) is 19.1 Å². The van der Waals surface area contributed by atoms with Gasteiger partial charge in [-0.15, -0.1) is 0 Å². The molecule has 1 heterocycles. The highest BCUT2D eigenvalue weighted by Gasteiger charge is 2.50. The maximum Gasteiger partial charge on any atom is 0.336 e. The van der Waals surface area contributed by atoms with Crippen molar-refractivity contribution in [3.05, 3.63) is 35.5 Å². The Morgan fingerprint density at radius 2 is 2.15 bits per heavy atom. The molecule has 3 aliphatic rings. The number of hydrogen-bond donors (Lipinski definition) is 2. The Morgan fingerprint density at radius 1 is 1.42 bits per heavy atom. The van der Waals surface area contributed by atoms with E-state index in [4.69, 9.17) is 14.6 Å². The molecule has 0 unspecified atom stereocenters. The Hall–Kier alpha value is -1.92. The highest BCUT2D eigenvalue weighted by Crippen LogP contribution is 2.52. The Balaban J connectivity index is 1.90. The number of aliphatic hydroxyl groups excluding tert-OH is 2. The van der Waals surface area contributed by atoms with Gasteiger partial charge in [0.1, 0.15) is 12.2 Å². The summed E-state index contributed by atoms with van der Waals surface area (Å²) in [5.74, 6) is -0.876. The quantitative estimate of drug-likeness (QED) is 0.448. The van der Waals surface area contributed by atoms with Crippen molar-refractivity contribution in [1.29, 1.82) is 0 Å². The fraction of sp³-hybridized carbons (Fsp3) is 0.600. The third kappa shape index (κ3) is 3.48. The lowest BCUT2D eigenvalue weighted by molar-refractivity contribution is -0.149. The van der Waals surface area contributed by atoms with E-state index < -0.39 is 30.7 Å². The zero-order chi connectivity index (χ0) is 19.0. The molecule has 0 spiro atoms. The van der Waals surface area contributed by atoms with Gasteiger partial charge in [0.25, 0.3) is 0 Å². The molecule has 1 saturated carbocycles. The standard InChI is InChI=1S/C20H26O6/c1-10-6-16-18(12(3)19(23)25-16)17(7-11(2)15-8-14(10)15)26-20(24)13(9-22)4-5-21/h4,6,12,14-18,21-22H,2,5,7-9H2,1,3H3/b10-6-,13-4+/t12-,14+,15-,16-,17-,18+/m1/s1. The molecule has 2 aliphatic carbocycles. The molecule has 0 radical (unpaired) electrons. The van der Waals surface area contributed by atoms with Crippen molar-refractivity contribution in [2.75, 3.05) is 13.2 Å². The van der Waals surface area contributed by atoms with Crippen molar-refractivity contribution < 1.29 is 29.3 Å². The molecule has 3 rings (SSSR count). The second kappa shape index (κ2) is 7.37. The van der Waals surface area contributed by atoms with Crippen molar-refractivity contribution in [2.45, 2.75) is 38.9 Å². The van der Waals surface area contributed by atoms with Gasteiger partial charge in [-0.2, -0.15) is 0 Å². The van der Waals surface area contributed by atoms with Gasteiger partial charge < -0.3 is 19.7 Å². The molecular weight excluding hydrogens is 336 g/mol. The highest BCUT2D eigenvalue weighted by molar-refractivity contribution is 5.89. The Bertz CT molecular complexity index is 676. The minimum Gasteiger partial charge on any atom is -0.458 e. The first-order valence-electron chi connectivity index (χ1n) is 9.05. The number of carbonyl (C=O) groups excluding carboxylic acids is 2. The summed E-state index contributed by atoms with van der Waals surface area (Å²) in [5, 5.41) is 18.3. The zero-order valence-electron chi connectivity index (χ0n) is 15.2. The molecule has 6 atom stereocenters. The molecule has 1 saturated heterocycles. The van der Waals surface area contributed by atoms with Crippen LogP contribution in [0.15, 0.2) is 35.5 Å². The summed E-state index contributed by atoms with van der Waals surface area (Å²) in [6.45, 7) is 7.14. The number of aliphatic hydroxyl groups is 2. The van der Waals surface area contributed by atoms with Crippen molar-refractivity contribution in [3.63, 3.8) is 0 Å². The number of carbonyl (C=O) groups is 2. The average molecular weight is 362 g/mol. The smallest absolute Gasteiger partial charge is 0.336 e. The molecule has 0 aromatic rings. The van der Waals surface area contributed by atoms with E-state index in [9.17, 15) is 14.7 Å². The van der Waals surface area contributed by atoms with E-state index in [1.807, 2.05) is 13.0 Å². The van der Waals surface area contributed by atoms with Gasteiger partial charge in [-0.1, -0.05) is 24.6 Å². The predicted molar refractivity (Wildman–Crippen MR) is 93.8 cm³/mol. The molecule has 6 heteroatoms. The Labute approximate surface area is 153 Å². The predicted octanol–water partition coefficient (Wildman–Crippen LogP) is 1.53. The summed E-state index contributed by atoms with van der Waals surface area (Å²) in [6, 6.07) is 0. The first kappa shape index (κ1) is 18.9. The number of esters is 2. The number of fused-ring (bicyclic) bond motifs is 2. The summed E-state index contributed by atoms with van der Waals surface area (Å²) >= 11 is 0. The molecule has 6 nitrogen and oxygen atoms in total. The van der Waals surface area contributed by atoms with Crippen LogP contribution in [0, 0.1) is 23.7 Å². The van der Waals surface area contributed by atoms with Crippen molar-refractivity contribution in [2.24, 2.45) is 23.7 Å². The highest BCUT2D eigenvalue weighted by atomic mass is 16.6. The molecule has 1 aliphatic heterocycles. The topological polar surface area (TPSA) is 93.1 Å². The van der Waals surface area contributed by atoms with Crippen LogP contribution in [0.2, 0.25) is 0 Å². The molecule has 26 heavy (non-hydrogen) atoms. The fourth-order valence-corrected chi connectivity index (χ4v) is 4.17. The van der Waals surface area contributed by atoms with Crippen LogP contribution < -0.4 is 0 Å². The van der Waals surface area contributed by atoms with Gasteiger partial charge in [0.15, 0.2) is 0 Å². The lowest BCUT2D eigenvalue weighted by Crippen LogP contribution is -2.36. The van der Waals surface area contributed by atoms with Crippen LogP contribution in [0.5, 0.6) is 0 Å². The van der Waals surface area contributed by atoms with Gasteiger partial charge in [-0.05, 0) is 37.3 Å². The largest absolute Gasteiger partial charge is 0.458 e.